The lowest BCUT2D eigenvalue weighted by atomic mass is 10.1. The molecular formula is C20H21N3O. The number of nitrogens with zero attached hydrogens (tertiary/aromatic N) is 2. The number of carbonyl (C=O) groups is 1. The first-order valence-electron chi connectivity index (χ1n) is 8.02. The number of hydrogen-bond donors (Lipinski definition) is 1. The highest BCUT2D eigenvalue weighted by Gasteiger charge is 2.06. The highest BCUT2D eigenvalue weighted by atomic mass is 16.1. The van der Waals surface area contributed by atoms with E-state index in [0.717, 1.165) is 23.2 Å². The molecule has 1 N–H and O–H groups in total. The number of hydrogen-bond acceptors (Lipinski definition) is 2. The summed E-state index contributed by atoms with van der Waals surface area (Å²) in [6.07, 6.45) is 3.72. The van der Waals surface area contributed by atoms with Gasteiger partial charge in [0.2, 0.25) is 0 Å². The van der Waals surface area contributed by atoms with Crippen molar-refractivity contribution < 1.29 is 4.79 Å². The molecule has 0 aliphatic heterocycles. The normalized spacial score (nSPS) is 10.6. The van der Waals surface area contributed by atoms with Crippen LogP contribution in [0, 0.1) is 13.8 Å². The lowest BCUT2D eigenvalue weighted by Crippen LogP contribution is -2.23. The first-order valence-corrected chi connectivity index (χ1v) is 8.02. The fourth-order valence-corrected chi connectivity index (χ4v) is 2.73. The quantitative estimate of drug-likeness (QED) is 0.782. The Balaban J connectivity index is 1.59. The molecule has 4 heteroatoms. The van der Waals surface area contributed by atoms with Crippen LogP contribution in [0.25, 0.3) is 0 Å². The Morgan fingerprint density at radius 1 is 1.04 bits per heavy atom. The third kappa shape index (κ3) is 4.10. The van der Waals surface area contributed by atoms with Gasteiger partial charge in [-0.3, -0.25) is 9.48 Å². The van der Waals surface area contributed by atoms with Gasteiger partial charge in [-0.05, 0) is 43.2 Å². The van der Waals surface area contributed by atoms with Gasteiger partial charge in [0.15, 0.2) is 0 Å². The minimum atomic E-state index is -0.0394. The third-order valence-corrected chi connectivity index (χ3v) is 3.86. The highest BCUT2D eigenvalue weighted by Crippen LogP contribution is 2.10. The first-order chi connectivity index (χ1) is 11.6. The van der Waals surface area contributed by atoms with E-state index in [-0.39, 0.29) is 5.91 Å². The van der Waals surface area contributed by atoms with Gasteiger partial charge in [-0.2, -0.15) is 5.10 Å². The average molecular weight is 319 g/mol. The van der Waals surface area contributed by atoms with Gasteiger partial charge in [-0.25, -0.2) is 0 Å². The zero-order valence-electron chi connectivity index (χ0n) is 14.0. The second-order valence-electron chi connectivity index (χ2n) is 6.08. The summed E-state index contributed by atoms with van der Waals surface area (Å²) >= 11 is 0. The molecule has 3 rings (SSSR count). The summed E-state index contributed by atoms with van der Waals surface area (Å²) in [5.74, 6) is -0.0394. The van der Waals surface area contributed by atoms with Gasteiger partial charge >= 0.3 is 0 Å². The van der Waals surface area contributed by atoms with E-state index in [0.29, 0.717) is 12.1 Å². The maximum Gasteiger partial charge on any atom is 0.251 e. The third-order valence-electron chi connectivity index (χ3n) is 3.86. The van der Waals surface area contributed by atoms with E-state index in [1.54, 1.807) is 6.20 Å². The molecule has 0 atom stereocenters. The topological polar surface area (TPSA) is 46.9 Å². The molecule has 0 spiro atoms. The van der Waals surface area contributed by atoms with E-state index in [4.69, 9.17) is 0 Å². The van der Waals surface area contributed by atoms with E-state index in [1.165, 1.54) is 5.56 Å². The molecule has 0 bridgehead atoms. The van der Waals surface area contributed by atoms with Crippen LogP contribution in [0.3, 0.4) is 0 Å². The average Bonchev–Trinajstić information content (AvgIpc) is 3.06. The van der Waals surface area contributed by atoms with Crippen LogP contribution in [0.1, 0.15) is 32.6 Å². The zero-order valence-corrected chi connectivity index (χ0v) is 14.0. The number of amides is 1. The summed E-state index contributed by atoms with van der Waals surface area (Å²) in [5, 5.41) is 7.18. The fourth-order valence-electron chi connectivity index (χ4n) is 2.73. The van der Waals surface area contributed by atoms with Crippen molar-refractivity contribution in [2.45, 2.75) is 26.9 Å². The van der Waals surface area contributed by atoms with Gasteiger partial charge in [0, 0.05) is 24.5 Å². The number of aryl methyl sites for hydroxylation is 2. The van der Waals surface area contributed by atoms with E-state index < -0.39 is 0 Å². The summed E-state index contributed by atoms with van der Waals surface area (Å²) < 4.78 is 1.89. The number of rotatable bonds is 5. The van der Waals surface area contributed by atoms with Crippen LogP contribution in [-0.2, 0) is 13.1 Å². The molecule has 0 fully saturated rings. The van der Waals surface area contributed by atoms with Crippen molar-refractivity contribution >= 4 is 5.91 Å². The van der Waals surface area contributed by atoms with Gasteiger partial charge in [0.25, 0.3) is 5.91 Å². The van der Waals surface area contributed by atoms with Crippen molar-refractivity contribution in [3.05, 3.63) is 88.7 Å². The summed E-state index contributed by atoms with van der Waals surface area (Å²) in [5.41, 5.74) is 5.18. The summed E-state index contributed by atoms with van der Waals surface area (Å²) in [4.78, 5) is 12.3. The van der Waals surface area contributed by atoms with Gasteiger partial charge in [0.1, 0.15) is 0 Å². The minimum Gasteiger partial charge on any atom is -0.348 e. The predicted molar refractivity (Wildman–Crippen MR) is 94.9 cm³/mol. The summed E-state index contributed by atoms with van der Waals surface area (Å²) in [6.45, 7) is 5.28. The standard InChI is InChI=1S/C20H21N3O/c1-15-10-16(2)12-19(11-15)20(24)21-13-17-4-6-18(7-5-17)14-23-9-3-8-22-23/h3-12H,13-14H2,1-2H3,(H,21,24). The Hall–Kier alpha value is -2.88. The minimum absolute atomic E-state index is 0.0394. The van der Waals surface area contributed by atoms with E-state index in [2.05, 4.69) is 28.6 Å². The van der Waals surface area contributed by atoms with E-state index in [9.17, 15) is 4.79 Å². The van der Waals surface area contributed by atoms with Crippen molar-refractivity contribution in [2.24, 2.45) is 0 Å². The smallest absolute Gasteiger partial charge is 0.251 e. The molecule has 1 amide bonds. The van der Waals surface area contributed by atoms with Crippen molar-refractivity contribution in [3.63, 3.8) is 0 Å². The molecule has 24 heavy (non-hydrogen) atoms. The van der Waals surface area contributed by atoms with E-state index >= 15 is 0 Å². The van der Waals surface area contributed by atoms with Gasteiger partial charge in [0.05, 0.1) is 6.54 Å². The Morgan fingerprint density at radius 2 is 1.71 bits per heavy atom. The SMILES string of the molecule is Cc1cc(C)cc(C(=O)NCc2ccc(Cn3cccn3)cc2)c1. The summed E-state index contributed by atoms with van der Waals surface area (Å²) in [7, 11) is 0. The van der Waals surface area contributed by atoms with Crippen molar-refractivity contribution in [1.82, 2.24) is 15.1 Å². The Labute approximate surface area is 142 Å². The Kier molecular flexibility index (Phi) is 4.75. The zero-order chi connectivity index (χ0) is 16.9. The molecule has 4 nitrogen and oxygen atoms in total. The Morgan fingerprint density at radius 3 is 2.33 bits per heavy atom. The van der Waals surface area contributed by atoms with Gasteiger partial charge in [-0.15, -0.1) is 0 Å². The van der Waals surface area contributed by atoms with Gasteiger partial charge in [-0.1, -0.05) is 41.5 Å². The molecule has 1 heterocycles. The lowest BCUT2D eigenvalue weighted by Gasteiger charge is -2.08. The number of nitrogens with one attached hydrogen (secondary N) is 1. The molecule has 0 saturated carbocycles. The predicted octanol–water partition coefficient (Wildman–Crippen LogP) is 3.48. The van der Waals surface area contributed by atoms with Gasteiger partial charge < -0.3 is 5.32 Å². The second-order valence-corrected chi connectivity index (χ2v) is 6.08. The highest BCUT2D eigenvalue weighted by molar-refractivity contribution is 5.94. The second kappa shape index (κ2) is 7.13. The number of aromatic nitrogens is 2. The fraction of sp³-hybridized carbons (Fsp3) is 0.200. The maximum atomic E-state index is 12.3. The van der Waals surface area contributed by atoms with Crippen LogP contribution in [0.15, 0.2) is 60.9 Å². The Bertz CT molecular complexity index is 800. The molecule has 0 aliphatic rings. The molecule has 0 unspecified atom stereocenters. The maximum absolute atomic E-state index is 12.3. The van der Waals surface area contributed by atoms with Crippen molar-refractivity contribution in [2.75, 3.05) is 0 Å². The van der Waals surface area contributed by atoms with Crippen LogP contribution in [0.4, 0.5) is 0 Å². The first kappa shape index (κ1) is 16.0. The molecular weight excluding hydrogens is 298 g/mol. The molecule has 0 radical (unpaired) electrons. The number of carbonyl (C=O) groups excluding carboxylic acids is 1. The van der Waals surface area contributed by atoms with Crippen LogP contribution in [0.2, 0.25) is 0 Å². The largest absolute Gasteiger partial charge is 0.348 e. The molecule has 0 aliphatic carbocycles. The van der Waals surface area contributed by atoms with Crippen LogP contribution in [0.5, 0.6) is 0 Å². The lowest BCUT2D eigenvalue weighted by molar-refractivity contribution is 0.0950. The van der Waals surface area contributed by atoms with Crippen LogP contribution >= 0.6 is 0 Å². The number of benzene rings is 2. The van der Waals surface area contributed by atoms with Crippen LogP contribution in [-0.4, -0.2) is 15.7 Å². The van der Waals surface area contributed by atoms with Crippen LogP contribution < -0.4 is 5.32 Å². The molecule has 1 aromatic heterocycles. The van der Waals surface area contributed by atoms with Crippen molar-refractivity contribution in [3.8, 4) is 0 Å². The summed E-state index contributed by atoms with van der Waals surface area (Å²) in [6, 6.07) is 16.0. The van der Waals surface area contributed by atoms with E-state index in [1.807, 2.05) is 55.1 Å². The molecule has 2 aromatic carbocycles. The molecule has 122 valence electrons. The molecule has 3 aromatic rings. The van der Waals surface area contributed by atoms with Crippen molar-refractivity contribution in [1.29, 1.82) is 0 Å². The monoisotopic (exact) mass is 319 g/mol. The molecule has 0 saturated heterocycles.